The Balaban J connectivity index is 0.00000341. The Bertz CT molecular complexity index is 1100. The van der Waals surface area contributed by atoms with Gasteiger partial charge in [0.15, 0.2) is 15.8 Å². The zero-order chi connectivity index (χ0) is 21.4. The fourth-order valence-electron chi connectivity index (χ4n) is 2.96. The summed E-state index contributed by atoms with van der Waals surface area (Å²) in [4.78, 5) is 3.84. The van der Waals surface area contributed by atoms with Gasteiger partial charge in [-0.15, -0.1) is 24.0 Å². The van der Waals surface area contributed by atoms with Gasteiger partial charge in [0.1, 0.15) is 10.7 Å². The third-order valence-electron chi connectivity index (χ3n) is 4.51. The highest BCUT2D eigenvalue weighted by molar-refractivity contribution is 14.0. The van der Waals surface area contributed by atoms with Crippen LogP contribution in [-0.2, 0) is 22.9 Å². The van der Waals surface area contributed by atoms with Crippen LogP contribution in [0, 0.1) is 5.82 Å². The minimum atomic E-state index is -3.73. The van der Waals surface area contributed by atoms with E-state index in [9.17, 15) is 12.8 Å². The molecule has 0 aliphatic carbocycles. The van der Waals surface area contributed by atoms with Gasteiger partial charge in [-0.05, 0) is 29.3 Å². The molecule has 3 aromatic rings. The van der Waals surface area contributed by atoms with Gasteiger partial charge in [0.2, 0.25) is 0 Å². The second-order valence-corrected chi connectivity index (χ2v) is 8.65. The van der Waals surface area contributed by atoms with Crippen molar-refractivity contribution in [3.05, 3.63) is 83.9 Å². The minimum Gasteiger partial charge on any atom is -0.355 e. The average Bonchev–Trinajstić information content (AvgIpc) is 3.25. The van der Waals surface area contributed by atoms with Crippen LogP contribution in [0.25, 0.3) is 0 Å². The van der Waals surface area contributed by atoms with Gasteiger partial charge in [0, 0.05) is 32.5 Å². The molecule has 0 fully saturated rings. The van der Waals surface area contributed by atoms with Gasteiger partial charge >= 0.3 is 0 Å². The van der Waals surface area contributed by atoms with Crippen LogP contribution < -0.4 is 10.6 Å². The topological polar surface area (TPSA) is 88.4 Å². The summed E-state index contributed by atoms with van der Waals surface area (Å²) in [6.45, 7) is 1.26. The molecule has 0 aliphatic heterocycles. The Hall–Kier alpha value is -2.47. The van der Waals surface area contributed by atoms with E-state index < -0.39 is 15.7 Å². The molecule has 0 atom stereocenters. The lowest BCUT2D eigenvalue weighted by Crippen LogP contribution is -2.39. The lowest BCUT2D eigenvalue weighted by molar-refractivity contribution is 0.566. The normalized spacial score (nSPS) is 11.6. The largest absolute Gasteiger partial charge is 0.355 e. The maximum Gasteiger partial charge on any atom is 0.191 e. The van der Waals surface area contributed by atoms with Crippen LogP contribution >= 0.6 is 24.0 Å². The van der Waals surface area contributed by atoms with E-state index in [1.807, 2.05) is 41.2 Å². The standard InChI is InChI=1S/C21H24FN5O2S.HI/c1-23-21(24-12-14-30(28,29)20-10-5-4-9-19(20)22)25-15-17-7-2-3-8-18(17)16-27-13-6-11-26-27;/h2-11,13H,12,14-16H2,1H3,(H2,23,24,25);1H. The zero-order valence-electron chi connectivity index (χ0n) is 17.0. The monoisotopic (exact) mass is 557 g/mol. The first-order chi connectivity index (χ1) is 14.5. The fraction of sp³-hybridized carbons (Fsp3) is 0.238. The number of aliphatic imine (C=N–C) groups is 1. The maximum atomic E-state index is 13.8. The number of rotatable bonds is 8. The van der Waals surface area contributed by atoms with Gasteiger partial charge in [0.25, 0.3) is 0 Å². The van der Waals surface area contributed by atoms with Crippen LogP contribution in [0.15, 0.2) is 76.9 Å². The van der Waals surface area contributed by atoms with Crippen LogP contribution in [0.2, 0.25) is 0 Å². The molecule has 1 aromatic heterocycles. The first kappa shape index (κ1) is 24.8. The van der Waals surface area contributed by atoms with Gasteiger partial charge in [-0.25, -0.2) is 12.8 Å². The molecule has 166 valence electrons. The number of hydrogen-bond acceptors (Lipinski definition) is 4. The molecular formula is C21H25FIN5O2S. The Labute approximate surface area is 198 Å². The SMILES string of the molecule is CN=C(NCCS(=O)(=O)c1ccccc1F)NCc1ccccc1Cn1cccn1.I. The molecule has 2 N–H and O–H groups in total. The number of sulfone groups is 1. The molecule has 31 heavy (non-hydrogen) atoms. The summed E-state index contributed by atoms with van der Waals surface area (Å²) in [6.07, 6.45) is 3.64. The van der Waals surface area contributed by atoms with Gasteiger partial charge in [-0.3, -0.25) is 9.67 Å². The number of aromatic nitrogens is 2. The number of nitrogens with zero attached hydrogens (tertiary/aromatic N) is 3. The van der Waals surface area contributed by atoms with Crippen LogP contribution in [0.1, 0.15) is 11.1 Å². The second kappa shape index (κ2) is 11.8. The predicted octanol–water partition coefficient (Wildman–Crippen LogP) is 2.83. The van der Waals surface area contributed by atoms with Crippen molar-refractivity contribution in [1.29, 1.82) is 0 Å². The van der Waals surface area contributed by atoms with Crippen LogP contribution in [0.4, 0.5) is 4.39 Å². The molecule has 0 saturated carbocycles. The van der Waals surface area contributed by atoms with Crippen LogP contribution in [0.5, 0.6) is 0 Å². The van der Waals surface area contributed by atoms with Crippen molar-refractivity contribution < 1.29 is 12.8 Å². The summed E-state index contributed by atoms with van der Waals surface area (Å²) in [6, 6.07) is 15.2. The number of benzene rings is 2. The number of nitrogens with one attached hydrogen (secondary N) is 2. The molecule has 3 rings (SSSR count). The predicted molar refractivity (Wildman–Crippen MR) is 130 cm³/mol. The quantitative estimate of drug-likeness (QED) is 0.253. The van der Waals surface area contributed by atoms with Gasteiger partial charge < -0.3 is 10.6 Å². The Kier molecular flexibility index (Phi) is 9.44. The molecule has 0 saturated heterocycles. The van der Waals surface area contributed by atoms with E-state index in [1.54, 1.807) is 13.2 Å². The van der Waals surface area contributed by atoms with E-state index in [0.717, 1.165) is 17.2 Å². The van der Waals surface area contributed by atoms with Crippen molar-refractivity contribution in [3.63, 3.8) is 0 Å². The third kappa shape index (κ3) is 7.03. The summed E-state index contributed by atoms with van der Waals surface area (Å²) in [5.41, 5.74) is 2.20. The first-order valence-corrected chi connectivity index (χ1v) is 11.1. The van der Waals surface area contributed by atoms with E-state index in [-0.39, 0.29) is 41.2 Å². The lowest BCUT2D eigenvalue weighted by atomic mass is 10.1. The van der Waals surface area contributed by atoms with Crippen molar-refractivity contribution in [3.8, 4) is 0 Å². The van der Waals surface area contributed by atoms with Crippen LogP contribution in [-0.4, -0.2) is 43.5 Å². The molecular weight excluding hydrogens is 532 g/mol. The van der Waals surface area contributed by atoms with Gasteiger partial charge in [-0.2, -0.15) is 5.10 Å². The minimum absolute atomic E-state index is 0. The summed E-state index contributed by atoms with van der Waals surface area (Å²) < 4.78 is 40.3. The highest BCUT2D eigenvalue weighted by Crippen LogP contribution is 2.14. The first-order valence-electron chi connectivity index (χ1n) is 9.45. The van der Waals surface area contributed by atoms with Crippen LogP contribution in [0.3, 0.4) is 0 Å². The van der Waals surface area contributed by atoms with E-state index in [2.05, 4.69) is 20.7 Å². The highest BCUT2D eigenvalue weighted by Gasteiger charge is 2.18. The van der Waals surface area contributed by atoms with Crippen molar-refractivity contribution in [2.24, 2.45) is 4.99 Å². The smallest absolute Gasteiger partial charge is 0.191 e. The van der Waals surface area contributed by atoms with E-state index in [0.29, 0.717) is 19.0 Å². The molecule has 0 spiro atoms. The zero-order valence-corrected chi connectivity index (χ0v) is 20.2. The maximum absolute atomic E-state index is 13.8. The Morgan fingerprint density at radius 1 is 1.06 bits per heavy atom. The number of hydrogen-bond donors (Lipinski definition) is 2. The summed E-state index contributed by atoms with van der Waals surface area (Å²) in [5, 5.41) is 10.4. The van der Waals surface area contributed by atoms with Gasteiger partial charge in [0.05, 0.1) is 12.3 Å². The molecule has 0 amide bonds. The highest BCUT2D eigenvalue weighted by atomic mass is 127. The molecule has 1 heterocycles. The molecule has 2 aromatic carbocycles. The molecule has 0 bridgehead atoms. The lowest BCUT2D eigenvalue weighted by Gasteiger charge is -2.14. The fourth-order valence-corrected chi connectivity index (χ4v) is 4.20. The molecule has 7 nitrogen and oxygen atoms in total. The van der Waals surface area contributed by atoms with E-state index in [1.165, 1.54) is 18.2 Å². The summed E-state index contributed by atoms with van der Waals surface area (Å²) >= 11 is 0. The number of guanidine groups is 1. The Morgan fingerprint density at radius 3 is 2.45 bits per heavy atom. The average molecular weight is 557 g/mol. The number of halogens is 2. The van der Waals surface area contributed by atoms with Gasteiger partial charge in [-0.1, -0.05) is 36.4 Å². The summed E-state index contributed by atoms with van der Waals surface area (Å²) in [5.74, 6) is -0.522. The van der Waals surface area contributed by atoms with Crippen molar-refractivity contribution >= 4 is 39.8 Å². The van der Waals surface area contributed by atoms with Crippen molar-refractivity contribution in [1.82, 2.24) is 20.4 Å². The third-order valence-corrected chi connectivity index (χ3v) is 6.26. The Morgan fingerprint density at radius 2 is 1.77 bits per heavy atom. The molecule has 0 unspecified atom stereocenters. The van der Waals surface area contributed by atoms with Crippen molar-refractivity contribution in [2.75, 3.05) is 19.3 Å². The summed E-state index contributed by atoms with van der Waals surface area (Å²) in [7, 11) is -2.12. The van der Waals surface area contributed by atoms with E-state index in [4.69, 9.17) is 0 Å². The second-order valence-electron chi connectivity index (χ2n) is 6.57. The molecule has 0 radical (unpaired) electrons. The molecule has 0 aliphatic rings. The molecule has 10 heteroatoms. The van der Waals surface area contributed by atoms with E-state index >= 15 is 0 Å². The van der Waals surface area contributed by atoms with Crippen molar-refractivity contribution in [2.45, 2.75) is 18.0 Å².